The first-order valence-corrected chi connectivity index (χ1v) is 9.64. The van der Waals surface area contributed by atoms with E-state index in [0.717, 1.165) is 22.6 Å². The molecule has 154 valence electrons. The lowest BCUT2D eigenvalue weighted by Gasteiger charge is -2.32. The Bertz CT molecular complexity index is 933. The molecule has 1 aliphatic rings. The predicted molar refractivity (Wildman–Crippen MR) is 107 cm³/mol. The number of carbonyl (C=O) groups is 3. The van der Waals surface area contributed by atoms with Gasteiger partial charge in [-0.15, -0.1) is 0 Å². The third-order valence-corrected chi connectivity index (χ3v) is 5.37. The summed E-state index contributed by atoms with van der Waals surface area (Å²) in [6, 6.07) is 6.70. The maximum Gasteiger partial charge on any atom is 0.305 e. The van der Waals surface area contributed by atoms with Crippen LogP contribution in [0.5, 0.6) is 0 Å². The summed E-state index contributed by atoms with van der Waals surface area (Å²) in [5.41, 5.74) is 4.19. The molecule has 1 aromatic heterocycles. The van der Waals surface area contributed by atoms with Crippen LogP contribution in [0.15, 0.2) is 24.3 Å². The fourth-order valence-corrected chi connectivity index (χ4v) is 3.59. The van der Waals surface area contributed by atoms with Gasteiger partial charge < -0.3 is 15.0 Å². The van der Waals surface area contributed by atoms with Gasteiger partial charge in [-0.25, -0.2) is 4.68 Å². The molecular formula is C21H26N4O4. The van der Waals surface area contributed by atoms with E-state index in [0.29, 0.717) is 31.5 Å². The van der Waals surface area contributed by atoms with Gasteiger partial charge in [0.05, 0.1) is 18.5 Å². The van der Waals surface area contributed by atoms with E-state index in [1.165, 1.54) is 7.11 Å². The highest BCUT2D eigenvalue weighted by molar-refractivity contribution is 5.98. The third-order valence-electron chi connectivity index (χ3n) is 5.37. The van der Waals surface area contributed by atoms with Gasteiger partial charge in [0.15, 0.2) is 0 Å². The highest BCUT2D eigenvalue weighted by atomic mass is 16.5. The largest absolute Gasteiger partial charge is 0.469 e. The van der Waals surface area contributed by atoms with Gasteiger partial charge in [0, 0.05) is 30.8 Å². The van der Waals surface area contributed by atoms with E-state index in [4.69, 9.17) is 4.74 Å². The van der Waals surface area contributed by atoms with Crippen molar-refractivity contribution in [2.24, 2.45) is 0 Å². The van der Waals surface area contributed by atoms with Crippen LogP contribution in [0, 0.1) is 13.8 Å². The molecule has 1 aromatic carbocycles. The Hall–Kier alpha value is -3.16. The lowest BCUT2D eigenvalue weighted by Crippen LogP contribution is -2.55. The van der Waals surface area contributed by atoms with Crippen molar-refractivity contribution in [2.75, 3.05) is 20.2 Å². The molecule has 1 saturated heterocycles. The van der Waals surface area contributed by atoms with Gasteiger partial charge in [-0.05, 0) is 57.0 Å². The second-order valence-electron chi connectivity index (χ2n) is 7.15. The highest BCUT2D eigenvalue weighted by Gasteiger charge is 2.29. The van der Waals surface area contributed by atoms with Crippen molar-refractivity contribution < 1.29 is 19.1 Å². The Morgan fingerprint density at radius 2 is 1.93 bits per heavy atom. The first-order valence-electron chi connectivity index (χ1n) is 9.64. The number of amides is 2. The van der Waals surface area contributed by atoms with Crippen LogP contribution in [0.4, 0.5) is 0 Å². The SMILES string of the molecule is COC(=O)CCc1c(C)nn(-c2ccc(C(=O)N3CCNC(=O)C3C)cc2)c1C. The molecular weight excluding hydrogens is 372 g/mol. The fraction of sp³-hybridized carbons (Fsp3) is 0.429. The summed E-state index contributed by atoms with van der Waals surface area (Å²) in [5, 5.41) is 7.35. The molecule has 0 bridgehead atoms. The number of aromatic nitrogens is 2. The highest BCUT2D eigenvalue weighted by Crippen LogP contribution is 2.21. The summed E-state index contributed by atoms with van der Waals surface area (Å²) in [5.74, 6) is -0.547. The molecule has 1 unspecified atom stereocenters. The molecule has 1 N–H and O–H groups in total. The van der Waals surface area contributed by atoms with Crippen molar-refractivity contribution >= 4 is 17.8 Å². The maximum atomic E-state index is 12.8. The molecule has 2 heterocycles. The average Bonchev–Trinajstić information content (AvgIpc) is 3.01. The number of ether oxygens (including phenoxy) is 1. The van der Waals surface area contributed by atoms with Crippen molar-refractivity contribution in [3.05, 3.63) is 46.8 Å². The van der Waals surface area contributed by atoms with Gasteiger partial charge in [0.25, 0.3) is 5.91 Å². The zero-order valence-electron chi connectivity index (χ0n) is 17.2. The van der Waals surface area contributed by atoms with Crippen molar-refractivity contribution in [3.63, 3.8) is 0 Å². The van der Waals surface area contributed by atoms with Crippen LogP contribution in [0.1, 0.15) is 40.7 Å². The molecule has 0 radical (unpaired) electrons. The van der Waals surface area contributed by atoms with E-state index < -0.39 is 6.04 Å². The van der Waals surface area contributed by atoms with Crippen LogP contribution in [-0.2, 0) is 20.7 Å². The molecule has 2 amide bonds. The predicted octanol–water partition coefficient (Wildman–Crippen LogP) is 1.56. The first kappa shape index (κ1) is 20.6. The number of esters is 1. The molecule has 1 aliphatic heterocycles. The summed E-state index contributed by atoms with van der Waals surface area (Å²) in [4.78, 5) is 37.6. The van der Waals surface area contributed by atoms with Crippen molar-refractivity contribution in [1.82, 2.24) is 20.0 Å². The van der Waals surface area contributed by atoms with Crippen LogP contribution in [0.2, 0.25) is 0 Å². The van der Waals surface area contributed by atoms with E-state index in [1.54, 1.807) is 24.0 Å². The molecule has 0 aliphatic carbocycles. The van der Waals surface area contributed by atoms with Crippen LogP contribution in [-0.4, -0.2) is 58.7 Å². The molecule has 3 rings (SSSR count). The molecule has 8 heteroatoms. The topological polar surface area (TPSA) is 93.5 Å². The summed E-state index contributed by atoms with van der Waals surface area (Å²) in [7, 11) is 1.38. The van der Waals surface area contributed by atoms with Crippen molar-refractivity contribution in [3.8, 4) is 5.69 Å². The Balaban J connectivity index is 1.79. The number of nitrogens with one attached hydrogen (secondary N) is 1. The molecule has 8 nitrogen and oxygen atoms in total. The number of carbonyl (C=O) groups excluding carboxylic acids is 3. The van der Waals surface area contributed by atoms with Gasteiger partial charge in [-0.3, -0.25) is 14.4 Å². The summed E-state index contributed by atoms with van der Waals surface area (Å²) in [6.07, 6.45) is 0.870. The monoisotopic (exact) mass is 398 g/mol. The normalized spacial score (nSPS) is 16.5. The van der Waals surface area contributed by atoms with Crippen molar-refractivity contribution in [1.29, 1.82) is 0 Å². The Morgan fingerprint density at radius 3 is 2.59 bits per heavy atom. The summed E-state index contributed by atoms with van der Waals surface area (Å²) >= 11 is 0. The van der Waals surface area contributed by atoms with Crippen LogP contribution < -0.4 is 5.32 Å². The summed E-state index contributed by atoms with van der Waals surface area (Å²) < 4.78 is 6.53. The molecule has 0 saturated carbocycles. The van der Waals surface area contributed by atoms with E-state index in [9.17, 15) is 14.4 Å². The van der Waals surface area contributed by atoms with Gasteiger partial charge in [0.1, 0.15) is 6.04 Å². The Kier molecular flexibility index (Phi) is 6.00. The molecule has 1 fully saturated rings. The summed E-state index contributed by atoms with van der Waals surface area (Å²) in [6.45, 7) is 6.56. The van der Waals surface area contributed by atoms with Gasteiger partial charge in [-0.2, -0.15) is 5.10 Å². The molecule has 0 spiro atoms. The van der Waals surface area contributed by atoms with Crippen LogP contribution in [0.3, 0.4) is 0 Å². The van der Waals surface area contributed by atoms with Crippen LogP contribution in [0.25, 0.3) is 5.69 Å². The molecule has 1 atom stereocenters. The smallest absolute Gasteiger partial charge is 0.305 e. The lowest BCUT2D eigenvalue weighted by atomic mass is 10.1. The minimum atomic E-state index is -0.482. The Labute approximate surface area is 169 Å². The number of aryl methyl sites for hydroxylation is 1. The third kappa shape index (κ3) is 4.16. The number of rotatable bonds is 5. The van der Waals surface area contributed by atoms with E-state index in [2.05, 4.69) is 10.4 Å². The average molecular weight is 398 g/mol. The minimum absolute atomic E-state index is 0.136. The number of nitrogens with zero attached hydrogens (tertiary/aromatic N) is 3. The standard InChI is InChI=1S/C21H26N4O4/c1-13-18(9-10-19(26)29-4)14(2)25(23-13)17-7-5-16(6-8-17)21(28)24-12-11-22-20(27)15(24)3/h5-8,15H,9-12H2,1-4H3,(H,22,27). The minimum Gasteiger partial charge on any atom is -0.469 e. The van der Waals surface area contributed by atoms with E-state index in [-0.39, 0.29) is 17.8 Å². The number of benzene rings is 1. The molecule has 29 heavy (non-hydrogen) atoms. The quantitative estimate of drug-likeness (QED) is 0.772. The number of piperazine rings is 1. The van der Waals surface area contributed by atoms with E-state index in [1.807, 2.05) is 30.7 Å². The van der Waals surface area contributed by atoms with Crippen molar-refractivity contribution in [2.45, 2.75) is 39.7 Å². The second kappa shape index (κ2) is 8.46. The van der Waals surface area contributed by atoms with Gasteiger partial charge >= 0.3 is 5.97 Å². The maximum absolute atomic E-state index is 12.8. The number of methoxy groups -OCH3 is 1. The number of hydrogen-bond acceptors (Lipinski definition) is 5. The fourth-order valence-electron chi connectivity index (χ4n) is 3.59. The number of hydrogen-bond donors (Lipinski definition) is 1. The zero-order valence-corrected chi connectivity index (χ0v) is 17.2. The Morgan fingerprint density at radius 1 is 1.24 bits per heavy atom. The first-order chi connectivity index (χ1) is 13.8. The second-order valence-corrected chi connectivity index (χ2v) is 7.15. The van der Waals surface area contributed by atoms with Gasteiger partial charge in [-0.1, -0.05) is 0 Å². The molecule has 2 aromatic rings. The van der Waals surface area contributed by atoms with Gasteiger partial charge in [0.2, 0.25) is 5.91 Å². The zero-order chi connectivity index (χ0) is 21.1. The van der Waals surface area contributed by atoms with Crippen LogP contribution >= 0.6 is 0 Å². The van der Waals surface area contributed by atoms with E-state index >= 15 is 0 Å². The lowest BCUT2D eigenvalue weighted by molar-refractivity contribution is -0.140.